The number of urea groups is 1. The van der Waals surface area contributed by atoms with Crippen molar-refractivity contribution >= 4 is 28.2 Å². The molecule has 3 N–H and O–H groups in total. The first-order valence-corrected chi connectivity index (χ1v) is 8.69. The van der Waals surface area contributed by atoms with Crippen molar-refractivity contribution in [3.8, 4) is 23.0 Å². The van der Waals surface area contributed by atoms with E-state index >= 15 is 0 Å². The molecule has 27 heavy (non-hydrogen) atoms. The fraction of sp³-hybridized carbons (Fsp3) is 0.222. The number of hydrogen-bond donors (Lipinski definition) is 2. The minimum atomic E-state index is -0.743. The molecule has 0 spiro atoms. The molecule has 0 fully saturated rings. The highest BCUT2D eigenvalue weighted by atomic mass is 79.9. The minimum absolute atomic E-state index is 0.295. The molecule has 0 heterocycles. The molecule has 0 aromatic heterocycles. The molecule has 144 valence electrons. The molecular formula is C18H20BrN3O5. The number of ether oxygens (including phenoxy) is 4. The van der Waals surface area contributed by atoms with Crippen LogP contribution >= 0.6 is 15.9 Å². The first-order chi connectivity index (χ1) is 13.0. The maximum absolute atomic E-state index is 10.6. The maximum Gasteiger partial charge on any atom is 0.332 e. The van der Waals surface area contributed by atoms with Crippen LogP contribution in [-0.2, 0) is 0 Å². The zero-order valence-corrected chi connectivity index (χ0v) is 16.5. The Bertz CT molecular complexity index is 814. The van der Waals surface area contributed by atoms with Crippen LogP contribution < -0.4 is 30.1 Å². The number of rotatable bonds is 9. The number of nitrogens with one attached hydrogen (secondary N) is 1. The van der Waals surface area contributed by atoms with Gasteiger partial charge in [-0.25, -0.2) is 10.2 Å². The minimum Gasteiger partial charge on any atom is -0.493 e. The van der Waals surface area contributed by atoms with E-state index in [0.29, 0.717) is 46.2 Å². The number of nitrogens with zero attached hydrogens (tertiary/aromatic N) is 1. The quantitative estimate of drug-likeness (QED) is 0.356. The Hall–Kier alpha value is -2.94. The highest BCUT2D eigenvalue weighted by Crippen LogP contribution is 2.36. The van der Waals surface area contributed by atoms with E-state index < -0.39 is 6.03 Å². The summed E-state index contributed by atoms with van der Waals surface area (Å²) in [4.78, 5) is 10.6. The van der Waals surface area contributed by atoms with Crippen LogP contribution in [0.1, 0.15) is 5.56 Å². The van der Waals surface area contributed by atoms with E-state index in [4.69, 9.17) is 24.7 Å². The molecule has 2 amide bonds. The molecule has 0 radical (unpaired) electrons. The third-order valence-electron chi connectivity index (χ3n) is 3.30. The number of carbonyl (C=O) groups excluding carboxylic acids is 1. The van der Waals surface area contributed by atoms with Crippen LogP contribution in [0.4, 0.5) is 4.79 Å². The monoisotopic (exact) mass is 437 g/mol. The Labute approximate surface area is 165 Å². The van der Waals surface area contributed by atoms with Crippen LogP contribution in [0.2, 0.25) is 0 Å². The highest BCUT2D eigenvalue weighted by molar-refractivity contribution is 9.10. The maximum atomic E-state index is 10.6. The van der Waals surface area contributed by atoms with Crippen molar-refractivity contribution in [1.29, 1.82) is 0 Å². The number of carbonyl (C=O) groups is 1. The largest absolute Gasteiger partial charge is 0.493 e. The Kier molecular flexibility index (Phi) is 7.75. The van der Waals surface area contributed by atoms with E-state index in [1.54, 1.807) is 19.2 Å². The zero-order chi connectivity index (χ0) is 19.6. The normalized spacial score (nSPS) is 10.5. The molecule has 0 saturated heterocycles. The predicted octanol–water partition coefficient (Wildman–Crippen LogP) is 2.93. The number of nitrogens with two attached hydrogens (primary N) is 1. The van der Waals surface area contributed by atoms with Crippen molar-refractivity contribution in [2.45, 2.75) is 0 Å². The smallest absolute Gasteiger partial charge is 0.332 e. The number of hydrazone groups is 1. The second-order valence-electron chi connectivity index (χ2n) is 5.12. The number of methoxy groups -OCH3 is 2. The Balaban J connectivity index is 1.99. The van der Waals surface area contributed by atoms with Gasteiger partial charge < -0.3 is 24.7 Å². The summed E-state index contributed by atoms with van der Waals surface area (Å²) in [6.45, 7) is 0.616. The van der Waals surface area contributed by atoms with E-state index in [2.05, 4.69) is 26.5 Å². The van der Waals surface area contributed by atoms with Gasteiger partial charge in [0.1, 0.15) is 13.2 Å². The van der Waals surface area contributed by atoms with Gasteiger partial charge in [0.15, 0.2) is 23.0 Å². The Morgan fingerprint density at radius 2 is 1.78 bits per heavy atom. The van der Waals surface area contributed by atoms with Gasteiger partial charge in [-0.1, -0.05) is 12.1 Å². The predicted molar refractivity (Wildman–Crippen MR) is 105 cm³/mol. The lowest BCUT2D eigenvalue weighted by atomic mass is 10.2. The lowest BCUT2D eigenvalue weighted by Crippen LogP contribution is -2.24. The van der Waals surface area contributed by atoms with Gasteiger partial charge >= 0.3 is 6.03 Å². The summed E-state index contributed by atoms with van der Waals surface area (Å²) in [6.07, 6.45) is 1.44. The van der Waals surface area contributed by atoms with Gasteiger partial charge in [0.25, 0.3) is 0 Å². The van der Waals surface area contributed by atoms with Crippen LogP contribution in [0, 0.1) is 0 Å². The van der Waals surface area contributed by atoms with Crippen LogP contribution in [0.3, 0.4) is 0 Å². The molecule has 0 bridgehead atoms. The molecular weight excluding hydrogens is 418 g/mol. The lowest BCUT2D eigenvalue weighted by Gasteiger charge is -2.14. The van der Waals surface area contributed by atoms with Crippen LogP contribution in [0.15, 0.2) is 46.0 Å². The average Bonchev–Trinajstić information content (AvgIpc) is 2.66. The van der Waals surface area contributed by atoms with E-state index in [1.807, 2.05) is 24.3 Å². The van der Waals surface area contributed by atoms with Crippen LogP contribution in [0.25, 0.3) is 0 Å². The van der Waals surface area contributed by atoms with E-state index in [1.165, 1.54) is 13.3 Å². The van der Waals surface area contributed by atoms with E-state index in [0.717, 1.165) is 0 Å². The number of benzene rings is 2. The molecule has 0 aliphatic carbocycles. The molecule has 0 aliphatic rings. The van der Waals surface area contributed by atoms with Crippen molar-refractivity contribution in [2.24, 2.45) is 10.8 Å². The summed E-state index contributed by atoms with van der Waals surface area (Å²) in [5.41, 5.74) is 7.77. The number of para-hydroxylation sites is 2. The molecule has 0 atom stereocenters. The van der Waals surface area contributed by atoms with Gasteiger partial charge in [-0.3, -0.25) is 0 Å². The SMILES string of the molecule is COc1ccccc1OCCOc1c(Br)cc(C=NNC(N)=O)cc1OC. The van der Waals surface area contributed by atoms with E-state index in [-0.39, 0.29) is 0 Å². The van der Waals surface area contributed by atoms with Gasteiger partial charge in [0.2, 0.25) is 0 Å². The summed E-state index contributed by atoms with van der Waals surface area (Å²) >= 11 is 3.44. The second kappa shape index (κ2) is 10.3. The molecule has 0 saturated carbocycles. The third-order valence-corrected chi connectivity index (χ3v) is 3.89. The van der Waals surface area contributed by atoms with Crippen molar-refractivity contribution in [1.82, 2.24) is 5.43 Å². The fourth-order valence-electron chi connectivity index (χ4n) is 2.16. The molecule has 2 rings (SSSR count). The molecule has 2 aromatic rings. The van der Waals surface area contributed by atoms with Crippen molar-refractivity contribution in [2.75, 3.05) is 27.4 Å². The number of hydrogen-bond acceptors (Lipinski definition) is 6. The van der Waals surface area contributed by atoms with Gasteiger partial charge in [0, 0.05) is 0 Å². The van der Waals surface area contributed by atoms with Gasteiger partial charge in [-0.15, -0.1) is 0 Å². The van der Waals surface area contributed by atoms with Crippen LogP contribution in [-0.4, -0.2) is 39.7 Å². The van der Waals surface area contributed by atoms with Crippen molar-refractivity contribution in [3.05, 3.63) is 46.4 Å². The first-order valence-electron chi connectivity index (χ1n) is 7.89. The zero-order valence-electron chi connectivity index (χ0n) is 14.9. The lowest BCUT2D eigenvalue weighted by molar-refractivity contribution is 0.205. The number of amides is 2. The highest BCUT2D eigenvalue weighted by Gasteiger charge is 2.12. The average molecular weight is 438 g/mol. The fourth-order valence-corrected chi connectivity index (χ4v) is 2.73. The topological polar surface area (TPSA) is 104 Å². The molecule has 8 nitrogen and oxygen atoms in total. The van der Waals surface area contributed by atoms with Gasteiger partial charge in [-0.2, -0.15) is 5.10 Å². The summed E-state index contributed by atoms with van der Waals surface area (Å²) in [5.74, 6) is 2.33. The molecule has 0 unspecified atom stereocenters. The van der Waals surface area contributed by atoms with Crippen molar-refractivity contribution in [3.63, 3.8) is 0 Å². The van der Waals surface area contributed by atoms with Crippen LogP contribution in [0.5, 0.6) is 23.0 Å². The summed E-state index contributed by atoms with van der Waals surface area (Å²) in [5, 5.41) is 3.71. The summed E-state index contributed by atoms with van der Waals surface area (Å²) in [7, 11) is 3.12. The van der Waals surface area contributed by atoms with E-state index in [9.17, 15) is 4.79 Å². The Morgan fingerprint density at radius 1 is 1.11 bits per heavy atom. The molecule has 9 heteroatoms. The number of primary amides is 1. The standard InChI is InChI=1S/C18H20BrN3O5/c1-24-14-5-3-4-6-15(14)26-7-8-27-17-13(19)9-12(10-16(17)25-2)11-21-22-18(20)23/h3-6,9-11H,7-8H2,1-2H3,(H3,20,22,23). The van der Waals surface area contributed by atoms with Crippen molar-refractivity contribution < 1.29 is 23.7 Å². The van der Waals surface area contributed by atoms with Gasteiger partial charge in [-0.05, 0) is 45.8 Å². The summed E-state index contributed by atoms with van der Waals surface area (Å²) in [6, 6.07) is 10.1. The second-order valence-corrected chi connectivity index (χ2v) is 5.97. The summed E-state index contributed by atoms with van der Waals surface area (Å²) < 4.78 is 22.7. The van der Waals surface area contributed by atoms with Gasteiger partial charge in [0.05, 0.1) is 24.9 Å². The molecule has 2 aromatic carbocycles. The number of halogens is 1. The molecule has 0 aliphatic heterocycles. The third kappa shape index (κ3) is 6.07. The first kappa shape index (κ1) is 20.4. The Morgan fingerprint density at radius 3 is 2.44 bits per heavy atom.